The molecule has 0 saturated heterocycles. The average Bonchev–Trinajstić information content (AvgIpc) is 2.49. The number of halogens is 2. The summed E-state index contributed by atoms with van der Waals surface area (Å²) >= 11 is 0. The number of methoxy groups -OCH3 is 1. The molecular formula is C14H13F2NO6. The van der Waals surface area contributed by atoms with Crippen molar-refractivity contribution in [2.45, 2.75) is 6.04 Å². The summed E-state index contributed by atoms with van der Waals surface area (Å²) in [7, 11) is 1.39. The Kier molecular flexibility index (Phi) is 4.80. The van der Waals surface area contributed by atoms with Crippen molar-refractivity contribution in [2.75, 3.05) is 25.2 Å². The van der Waals surface area contributed by atoms with E-state index >= 15 is 0 Å². The number of aliphatic carboxylic acids is 2. The SMILES string of the molecule is COCC1COc2c(ccc(F)c2F)N1C=C(C(=O)O)C(=O)O. The molecule has 0 fully saturated rings. The van der Waals surface area contributed by atoms with Gasteiger partial charge >= 0.3 is 11.9 Å². The van der Waals surface area contributed by atoms with Gasteiger partial charge in [0.1, 0.15) is 6.61 Å². The monoisotopic (exact) mass is 329 g/mol. The minimum absolute atomic E-state index is 0.0113. The standard InChI is InChI=1S/C14H13F2NO6/c1-22-5-7-6-23-12-10(3-2-9(15)11(12)16)17(7)4-8(13(18)19)14(20)21/h2-4,7H,5-6H2,1H3,(H,18,19)(H,20,21). The van der Waals surface area contributed by atoms with E-state index in [2.05, 4.69) is 0 Å². The predicted molar refractivity (Wildman–Crippen MR) is 73.4 cm³/mol. The van der Waals surface area contributed by atoms with Crippen LogP contribution in [0.5, 0.6) is 5.75 Å². The largest absolute Gasteiger partial charge is 0.486 e. The van der Waals surface area contributed by atoms with E-state index in [0.717, 1.165) is 12.3 Å². The molecule has 7 nitrogen and oxygen atoms in total. The van der Waals surface area contributed by atoms with E-state index in [0.29, 0.717) is 0 Å². The van der Waals surface area contributed by atoms with Crippen LogP contribution in [-0.4, -0.2) is 48.5 Å². The fourth-order valence-corrected chi connectivity index (χ4v) is 2.16. The van der Waals surface area contributed by atoms with E-state index in [9.17, 15) is 18.4 Å². The first-order valence-corrected chi connectivity index (χ1v) is 6.43. The van der Waals surface area contributed by atoms with E-state index in [1.165, 1.54) is 18.1 Å². The molecule has 0 amide bonds. The van der Waals surface area contributed by atoms with E-state index in [4.69, 9.17) is 19.7 Å². The Balaban J connectivity index is 2.57. The number of carboxylic acid groups (broad SMARTS) is 2. The molecule has 1 aromatic rings. The molecule has 1 aromatic carbocycles. The van der Waals surface area contributed by atoms with Gasteiger partial charge in [0.15, 0.2) is 17.1 Å². The zero-order chi connectivity index (χ0) is 17.1. The zero-order valence-electron chi connectivity index (χ0n) is 12.0. The summed E-state index contributed by atoms with van der Waals surface area (Å²) in [6, 6.07) is 1.41. The lowest BCUT2D eigenvalue weighted by Gasteiger charge is -2.36. The molecule has 2 N–H and O–H groups in total. The summed E-state index contributed by atoms with van der Waals surface area (Å²) in [5.74, 6) is -6.10. The van der Waals surface area contributed by atoms with Crippen molar-refractivity contribution in [2.24, 2.45) is 0 Å². The van der Waals surface area contributed by atoms with Gasteiger partial charge in [0.2, 0.25) is 5.82 Å². The second kappa shape index (κ2) is 6.61. The highest BCUT2D eigenvalue weighted by Crippen LogP contribution is 2.37. The maximum Gasteiger partial charge on any atom is 0.344 e. The van der Waals surface area contributed by atoms with Gasteiger partial charge in [0.25, 0.3) is 0 Å². The minimum atomic E-state index is -1.66. The molecule has 0 bridgehead atoms. The molecule has 9 heteroatoms. The topological polar surface area (TPSA) is 96.3 Å². The maximum absolute atomic E-state index is 13.8. The van der Waals surface area contributed by atoms with Crippen LogP contribution in [-0.2, 0) is 14.3 Å². The molecule has 124 valence electrons. The number of hydrogen-bond donors (Lipinski definition) is 2. The number of rotatable bonds is 5. The molecule has 0 aliphatic carbocycles. The van der Waals surface area contributed by atoms with E-state index in [1.807, 2.05) is 0 Å². The van der Waals surface area contributed by atoms with Crippen molar-refractivity contribution < 1.29 is 38.1 Å². The average molecular weight is 329 g/mol. The van der Waals surface area contributed by atoms with Gasteiger partial charge in [-0.2, -0.15) is 4.39 Å². The molecular weight excluding hydrogens is 316 g/mol. The number of nitrogens with zero attached hydrogens (tertiary/aromatic N) is 1. The van der Waals surface area contributed by atoms with Crippen molar-refractivity contribution in [1.82, 2.24) is 0 Å². The lowest BCUT2D eigenvalue weighted by molar-refractivity contribution is -0.140. The Morgan fingerprint density at radius 1 is 1.39 bits per heavy atom. The first-order valence-electron chi connectivity index (χ1n) is 6.43. The summed E-state index contributed by atoms with van der Waals surface area (Å²) in [5, 5.41) is 17.9. The van der Waals surface area contributed by atoms with Crippen LogP contribution in [0.1, 0.15) is 0 Å². The van der Waals surface area contributed by atoms with Gasteiger partial charge in [0.05, 0.1) is 18.3 Å². The van der Waals surface area contributed by atoms with Gasteiger partial charge in [-0.15, -0.1) is 0 Å². The quantitative estimate of drug-likeness (QED) is 0.476. The number of carbonyl (C=O) groups is 2. The van der Waals surface area contributed by atoms with Gasteiger partial charge < -0.3 is 24.6 Å². The van der Waals surface area contributed by atoms with Gasteiger partial charge in [-0.1, -0.05) is 0 Å². The zero-order valence-corrected chi connectivity index (χ0v) is 12.0. The molecule has 0 radical (unpaired) electrons. The molecule has 1 aliphatic rings. The number of benzene rings is 1. The van der Waals surface area contributed by atoms with Gasteiger partial charge in [-0.05, 0) is 12.1 Å². The van der Waals surface area contributed by atoms with Crippen LogP contribution in [0.3, 0.4) is 0 Å². The van der Waals surface area contributed by atoms with Crippen LogP contribution in [0.15, 0.2) is 23.9 Å². The summed E-state index contributed by atoms with van der Waals surface area (Å²) in [4.78, 5) is 23.3. The Hall–Kier alpha value is -2.68. The van der Waals surface area contributed by atoms with Crippen LogP contribution in [0.4, 0.5) is 14.5 Å². The van der Waals surface area contributed by atoms with Crippen LogP contribution >= 0.6 is 0 Å². The first kappa shape index (κ1) is 16.7. The molecule has 1 aliphatic heterocycles. The number of ether oxygens (including phenoxy) is 2. The predicted octanol–water partition coefficient (Wildman–Crippen LogP) is 1.23. The number of carboxylic acids is 2. The molecule has 23 heavy (non-hydrogen) atoms. The highest BCUT2D eigenvalue weighted by Gasteiger charge is 2.32. The van der Waals surface area contributed by atoms with E-state index in [1.54, 1.807) is 0 Å². The van der Waals surface area contributed by atoms with E-state index in [-0.39, 0.29) is 18.9 Å². The lowest BCUT2D eigenvalue weighted by atomic mass is 10.1. The Morgan fingerprint density at radius 3 is 2.61 bits per heavy atom. The first-order chi connectivity index (χ1) is 10.9. The van der Waals surface area contributed by atoms with Crippen molar-refractivity contribution in [3.63, 3.8) is 0 Å². The maximum atomic E-state index is 13.8. The minimum Gasteiger partial charge on any atom is -0.486 e. The lowest BCUT2D eigenvalue weighted by Crippen LogP contribution is -2.43. The van der Waals surface area contributed by atoms with Gasteiger partial charge in [0, 0.05) is 13.3 Å². The number of fused-ring (bicyclic) bond motifs is 1. The van der Waals surface area contributed by atoms with Crippen molar-refractivity contribution in [3.8, 4) is 5.75 Å². The highest BCUT2D eigenvalue weighted by atomic mass is 19.2. The molecule has 0 aromatic heterocycles. The van der Waals surface area contributed by atoms with Crippen molar-refractivity contribution in [3.05, 3.63) is 35.5 Å². The molecule has 0 saturated carbocycles. The Labute approximate surface area is 129 Å². The Bertz CT molecular complexity index is 659. The normalized spacial score (nSPS) is 16.3. The van der Waals surface area contributed by atoms with Crippen LogP contribution in [0.2, 0.25) is 0 Å². The highest BCUT2D eigenvalue weighted by molar-refractivity contribution is 6.12. The van der Waals surface area contributed by atoms with Crippen LogP contribution in [0, 0.1) is 11.6 Å². The third-order valence-corrected chi connectivity index (χ3v) is 3.21. The van der Waals surface area contributed by atoms with Crippen LogP contribution < -0.4 is 9.64 Å². The smallest absolute Gasteiger partial charge is 0.344 e. The fraction of sp³-hybridized carbons (Fsp3) is 0.286. The molecule has 1 atom stereocenters. The fourth-order valence-electron chi connectivity index (χ4n) is 2.16. The number of anilines is 1. The molecule has 0 spiro atoms. The molecule has 1 unspecified atom stereocenters. The van der Waals surface area contributed by atoms with Crippen molar-refractivity contribution >= 4 is 17.6 Å². The van der Waals surface area contributed by atoms with Crippen LogP contribution in [0.25, 0.3) is 0 Å². The summed E-state index contributed by atoms with van der Waals surface area (Å²) in [6.07, 6.45) is 0.840. The summed E-state index contributed by atoms with van der Waals surface area (Å²) < 4.78 is 37.3. The second-order valence-electron chi connectivity index (χ2n) is 4.69. The third kappa shape index (κ3) is 3.24. The summed E-state index contributed by atoms with van der Waals surface area (Å²) in [6.45, 7) is -0.0777. The summed E-state index contributed by atoms with van der Waals surface area (Å²) in [5.41, 5.74) is -0.916. The third-order valence-electron chi connectivity index (χ3n) is 3.21. The number of hydrogen-bond acceptors (Lipinski definition) is 5. The Morgan fingerprint density at radius 2 is 2.04 bits per heavy atom. The molecule has 1 heterocycles. The van der Waals surface area contributed by atoms with Gasteiger partial charge in [-0.3, -0.25) is 0 Å². The van der Waals surface area contributed by atoms with Gasteiger partial charge in [-0.25, -0.2) is 14.0 Å². The molecule has 2 rings (SSSR count). The van der Waals surface area contributed by atoms with Crippen molar-refractivity contribution in [1.29, 1.82) is 0 Å². The van der Waals surface area contributed by atoms with E-state index < -0.39 is 40.9 Å². The second-order valence-corrected chi connectivity index (χ2v) is 4.69.